The number of likely N-dealkylation sites (N-methyl/N-ethyl adjacent to an activating group) is 1. The lowest BCUT2D eigenvalue weighted by molar-refractivity contribution is -0.138. The molecule has 2 atom stereocenters. The van der Waals surface area contributed by atoms with Gasteiger partial charge in [0.15, 0.2) is 0 Å². The Morgan fingerprint density at radius 3 is 2.46 bits per heavy atom. The summed E-state index contributed by atoms with van der Waals surface area (Å²) in [5.74, 6) is 0.0781. The van der Waals surface area contributed by atoms with Crippen LogP contribution >= 0.6 is 0 Å². The van der Waals surface area contributed by atoms with Gasteiger partial charge in [0.2, 0.25) is 11.8 Å². The van der Waals surface area contributed by atoms with Gasteiger partial charge in [-0.1, -0.05) is 54.6 Å². The highest BCUT2D eigenvalue weighted by molar-refractivity contribution is 5.85. The molecule has 1 spiro atoms. The van der Waals surface area contributed by atoms with Crippen LogP contribution in [0.15, 0.2) is 54.6 Å². The minimum atomic E-state index is -0.526. The number of likely N-dealkylation sites (tertiary alicyclic amines) is 2. The normalized spacial score (nSPS) is 22.0. The van der Waals surface area contributed by atoms with E-state index in [9.17, 15) is 9.59 Å². The third kappa shape index (κ3) is 4.85. The summed E-state index contributed by atoms with van der Waals surface area (Å²) in [5, 5.41) is 3.30. The number of carbonyl (C=O) groups excluding carboxylic acids is 2. The molecule has 1 N–H and O–H groups in total. The molecule has 5 rings (SSSR count). The molecular formula is C28H36N4O3. The Hall–Kier alpha value is -2.74. The molecule has 35 heavy (non-hydrogen) atoms. The number of nitrogens with one attached hydrogen (secondary N) is 1. The van der Waals surface area contributed by atoms with Crippen LogP contribution in [-0.4, -0.2) is 79.4 Å². The SMILES string of the molecule is CN(C)C1CCN(C(=O)[C@H](NCC(=O)N2CCC3(CC2)OCc2ccccc23)c2ccccc2)C1. The number of hydrogen-bond acceptors (Lipinski definition) is 5. The fraction of sp³-hybridized carbons (Fsp3) is 0.500. The fourth-order valence-corrected chi connectivity index (χ4v) is 5.76. The minimum absolute atomic E-state index is 0.0347. The maximum Gasteiger partial charge on any atom is 0.244 e. The number of hydrogen-bond donors (Lipinski definition) is 1. The molecule has 3 aliphatic rings. The fourth-order valence-electron chi connectivity index (χ4n) is 5.76. The summed E-state index contributed by atoms with van der Waals surface area (Å²) in [5.41, 5.74) is 3.17. The van der Waals surface area contributed by atoms with Crippen molar-refractivity contribution in [3.8, 4) is 0 Å². The standard InChI is InChI=1S/C28H36N4O3/c1-30(2)23-12-15-32(19-23)27(34)26(21-8-4-3-5-9-21)29-18-25(33)31-16-13-28(14-17-31)24-11-7-6-10-22(24)20-35-28/h3-11,23,26,29H,12-20H2,1-2H3/t23?,26-/m1/s1. The van der Waals surface area contributed by atoms with Crippen molar-refractivity contribution >= 4 is 11.8 Å². The second-order valence-corrected chi connectivity index (χ2v) is 10.2. The Bertz CT molecular complexity index is 1050. The van der Waals surface area contributed by atoms with E-state index in [4.69, 9.17) is 4.74 Å². The highest BCUT2D eigenvalue weighted by Gasteiger charge is 2.43. The van der Waals surface area contributed by atoms with Crippen LogP contribution in [0.3, 0.4) is 0 Å². The first-order valence-corrected chi connectivity index (χ1v) is 12.7. The van der Waals surface area contributed by atoms with Crippen molar-refractivity contribution in [2.24, 2.45) is 0 Å². The summed E-state index contributed by atoms with van der Waals surface area (Å²) < 4.78 is 6.24. The third-order valence-corrected chi connectivity index (χ3v) is 7.98. The molecule has 3 aliphatic heterocycles. The van der Waals surface area contributed by atoms with E-state index in [0.717, 1.165) is 37.9 Å². The van der Waals surface area contributed by atoms with Gasteiger partial charge in [-0.3, -0.25) is 14.9 Å². The molecule has 2 saturated heterocycles. The molecule has 3 heterocycles. The van der Waals surface area contributed by atoms with Gasteiger partial charge in [-0.25, -0.2) is 0 Å². The number of nitrogens with zero attached hydrogens (tertiary/aromatic N) is 3. The molecule has 2 aromatic carbocycles. The van der Waals surface area contributed by atoms with Crippen LogP contribution in [0, 0.1) is 0 Å². The van der Waals surface area contributed by atoms with Crippen LogP contribution < -0.4 is 5.32 Å². The van der Waals surface area contributed by atoms with Crippen LogP contribution in [0.2, 0.25) is 0 Å². The Balaban J connectivity index is 1.21. The molecule has 0 aromatic heterocycles. The average molecular weight is 477 g/mol. The summed E-state index contributed by atoms with van der Waals surface area (Å²) in [6.45, 7) is 3.58. The Kier molecular flexibility index (Phi) is 6.91. The van der Waals surface area contributed by atoms with Crippen LogP contribution in [0.5, 0.6) is 0 Å². The number of ether oxygens (including phenoxy) is 1. The first-order valence-electron chi connectivity index (χ1n) is 12.7. The van der Waals surface area contributed by atoms with Gasteiger partial charge in [-0.15, -0.1) is 0 Å². The average Bonchev–Trinajstić information content (AvgIpc) is 3.52. The van der Waals surface area contributed by atoms with E-state index in [-0.39, 0.29) is 24.0 Å². The van der Waals surface area contributed by atoms with Gasteiger partial charge >= 0.3 is 0 Å². The van der Waals surface area contributed by atoms with Crippen molar-refractivity contribution < 1.29 is 14.3 Å². The Morgan fingerprint density at radius 1 is 1.03 bits per heavy atom. The molecule has 2 amide bonds. The van der Waals surface area contributed by atoms with Crippen LogP contribution in [0.4, 0.5) is 0 Å². The molecule has 0 radical (unpaired) electrons. The Morgan fingerprint density at radius 2 is 1.74 bits per heavy atom. The second-order valence-electron chi connectivity index (χ2n) is 10.2. The molecule has 0 bridgehead atoms. The lowest BCUT2D eigenvalue weighted by Gasteiger charge is -2.39. The Labute approximate surface area is 208 Å². The summed E-state index contributed by atoms with van der Waals surface area (Å²) in [6.07, 6.45) is 2.58. The zero-order chi connectivity index (χ0) is 24.4. The second kappa shape index (κ2) is 10.1. The van der Waals surface area contributed by atoms with E-state index in [1.165, 1.54) is 11.1 Å². The van der Waals surface area contributed by atoms with Crippen molar-refractivity contribution in [3.05, 3.63) is 71.3 Å². The summed E-state index contributed by atoms with van der Waals surface area (Å²) in [4.78, 5) is 32.7. The van der Waals surface area contributed by atoms with Gasteiger partial charge in [-0.2, -0.15) is 0 Å². The number of amides is 2. The van der Waals surface area contributed by atoms with E-state index in [1.807, 2.05) is 40.1 Å². The highest BCUT2D eigenvalue weighted by Crippen LogP contribution is 2.43. The summed E-state index contributed by atoms with van der Waals surface area (Å²) >= 11 is 0. The highest BCUT2D eigenvalue weighted by atomic mass is 16.5. The van der Waals surface area contributed by atoms with Crippen LogP contribution in [0.25, 0.3) is 0 Å². The van der Waals surface area contributed by atoms with E-state index in [2.05, 4.69) is 48.6 Å². The smallest absolute Gasteiger partial charge is 0.244 e. The number of piperidine rings is 1. The van der Waals surface area contributed by atoms with Gasteiger partial charge in [0.25, 0.3) is 0 Å². The lowest BCUT2D eigenvalue weighted by Crippen LogP contribution is -2.49. The van der Waals surface area contributed by atoms with Gasteiger partial charge in [0, 0.05) is 32.2 Å². The van der Waals surface area contributed by atoms with Gasteiger partial charge in [-0.05, 0) is 50.0 Å². The zero-order valence-corrected chi connectivity index (χ0v) is 20.8. The molecule has 0 saturated carbocycles. The number of carbonyl (C=O) groups is 2. The summed E-state index contributed by atoms with van der Waals surface area (Å²) in [6, 6.07) is 18.0. The molecule has 1 unspecified atom stereocenters. The van der Waals surface area contributed by atoms with Crippen molar-refractivity contribution in [3.63, 3.8) is 0 Å². The van der Waals surface area contributed by atoms with Crippen molar-refractivity contribution in [1.82, 2.24) is 20.0 Å². The largest absolute Gasteiger partial charge is 0.365 e. The number of rotatable bonds is 6. The minimum Gasteiger partial charge on any atom is -0.365 e. The van der Waals surface area contributed by atoms with Crippen LogP contribution in [0.1, 0.15) is 42.0 Å². The molecule has 7 heteroatoms. The zero-order valence-electron chi connectivity index (χ0n) is 20.8. The number of benzene rings is 2. The molecule has 186 valence electrons. The predicted molar refractivity (Wildman–Crippen MR) is 135 cm³/mol. The van der Waals surface area contributed by atoms with Crippen molar-refractivity contribution in [2.75, 3.05) is 46.8 Å². The van der Waals surface area contributed by atoms with E-state index < -0.39 is 6.04 Å². The molecule has 2 aromatic rings. The monoisotopic (exact) mass is 476 g/mol. The molecule has 0 aliphatic carbocycles. The van der Waals surface area contributed by atoms with Gasteiger partial charge < -0.3 is 19.4 Å². The first-order chi connectivity index (χ1) is 17.0. The maximum absolute atomic E-state index is 13.5. The third-order valence-electron chi connectivity index (χ3n) is 7.98. The van der Waals surface area contributed by atoms with E-state index >= 15 is 0 Å². The van der Waals surface area contributed by atoms with E-state index in [1.54, 1.807) is 0 Å². The topological polar surface area (TPSA) is 65.1 Å². The molecular weight excluding hydrogens is 440 g/mol. The molecule has 7 nitrogen and oxygen atoms in total. The predicted octanol–water partition coefficient (Wildman–Crippen LogP) is 2.53. The van der Waals surface area contributed by atoms with Crippen LogP contribution in [-0.2, 0) is 26.5 Å². The first kappa shape index (κ1) is 24.0. The van der Waals surface area contributed by atoms with Crippen molar-refractivity contribution in [1.29, 1.82) is 0 Å². The maximum atomic E-state index is 13.5. The van der Waals surface area contributed by atoms with Crippen molar-refractivity contribution in [2.45, 2.75) is 43.6 Å². The van der Waals surface area contributed by atoms with E-state index in [0.29, 0.717) is 25.7 Å². The number of fused-ring (bicyclic) bond motifs is 2. The summed E-state index contributed by atoms with van der Waals surface area (Å²) in [7, 11) is 4.12. The van der Waals surface area contributed by atoms with Gasteiger partial charge in [0.1, 0.15) is 6.04 Å². The lowest BCUT2D eigenvalue weighted by atomic mass is 9.84. The quantitative estimate of drug-likeness (QED) is 0.694. The molecule has 2 fully saturated rings. The van der Waals surface area contributed by atoms with Gasteiger partial charge in [0.05, 0.1) is 18.8 Å².